The Morgan fingerprint density at radius 3 is 2.90 bits per heavy atom. The molecule has 4 heteroatoms. The molecule has 0 amide bonds. The Morgan fingerprint density at radius 1 is 1.80 bits per heavy atom. The summed E-state index contributed by atoms with van der Waals surface area (Å²) in [6.45, 7) is 0. The lowest BCUT2D eigenvalue weighted by Crippen LogP contribution is -2.01. The number of rotatable bonds is 1. The summed E-state index contributed by atoms with van der Waals surface area (Å²) in [4.78, 5) is 10.8. The van der Waals surface area contributed by atoms with Gasteiger partial charge >= 0.3 is 0 Å². The third kappa shape index (κ3) is 1.78. The van der Waals surface area contributed by atoms with Gasteiger partial charge in [0.1, 0.15) is 0 Å². The summed E-state index contributed by atoms with van der Waals surface area (Å²) < 4.78 is 4.61. The van der Waals surface area contributed by atoms with Crippen LogP contribution in [0.25, 0.3) is 0 Å². The number of carbonyl (C=O) groups is 1. The summed E-state index contributed by atoms with van der Waals surface area (Å²) in [7, 11) is 0. The van der Waals surface area contributed by atoms with Gasteiger partial charge in [0.25, 0.3) is 4.51 Å². The van der Waals surface area contributed by atoms with Gasteiger partial charge in [0, 0.05) is 6.42 Å². The smallest absolute Gasteiger partial charge is 0.261 e. The lowest BCUT2D eigenvalue weighted by Gasteiger charge is -1.98. The molecule has 0 spiro atoms. The maximum Gasteiger partial charge on any atom is 0.261 e. The maximum atomic E-state index is 10.8. The minimum Gasteiger partial charge on any atom is -0.432 e. The highest BCUT2D eigenvalue weighted by molar-refractivity contribution is 7.82. The van der Waals surface area contributed by atoms with Gasteiger partial charge in [-0.2, -0.15) is 0 Å². The Kier molecular flexibility index (Phi) is 2.40. The van der Waals surface area contributed by atoms with E-state index in [1.165, 1.54) is 0 Å². The van der Waals surface area contributed by atoms with Gasteiger partial charge in [-0.3, -0.25) is 4.79 Å². The van der Waals surface area contributed by atoms with Crippen molar-refractivity contribution in [2.45, 2.75) is 12.8 Å². The maximum absolute atomic E-state index is 10.8. The Morgan fingerprint density at radius 2 is 2.50 bits per heavy atom. The van der Waals surface area contributed by atoms with E-state index in [0.29, 0.717) is 12.2 Å². The Hall–Kier alpha value is -0.410. The Bertz CT molecular complexity index is 210. The van der Waals surface area contributed by atoms with Crippen molar-refractivity contribution in [2.75, 3.05) is 0 Å². The third-order valence-electron chi connectivity index (χ3n) is 1.17. The Labute approximate surface area is 68.8 Å². The molecule has 2 nitrogen and oxygen atoms in total. The quantitative estimate of drug-likeness (QED) is 0.450. The molecule has 0 saturated heterocycles. The molecule has 0 radical (unpaired) electrons. The van der Waals surface area contributed by atoms with Crippen LogP contribution in [-0.4, -0.2) is 10.3 Å². The minimum absolute atomic E-state index is 0.0250. The topological polar surface area (TPSA) is 26.3 Å². The number of ether oxygens (including phenoxy) is 1. The molecule has 0 unspecified atom stereocenters. The van der Waals surface area contributed by atoms with Crippen LogP contribution >= 0.6 is 23.8 Å². The monoisotopic (exact) mass is 176 g/mol. The molecule has 0 N–H and O–H groups in total. The number of thiocarbonyl (C=S) groups is 1. The molecule has 0 aromatic rings. The predicted octanol–water partition coefficient (Wildman–Crippen LogP) is 1.77. The second-order valence-corrected chi connectivity index (χ2v) is 2.81. The van der Waals surface area contributed by atoms with Gasteiger partial charge in [0.15, 0.2) is 11.5 Å². The van der Waals surface area contributed by atoms with Gasteiger partial charge in [-0.25, -0.2) is 0 Å². The highest BCUT2D eigenvalue weighted by Gasteiger charge is 2.17. The molecule has 0 fully saturated rings. The average molecular weight is 177 g/mol. The fourth-order valence-corrected chi connectivity index (χ4v) is 0.929. The van der Waals surface area contributed by atoms with Gasteiger partial charge < -0.3 is 4.74 Å². The lowest BCUT2D eigenvalue weighted by molar-refractivity contribution is -0.116. The number of hydrogen-bond donors (Lipinski definition) is 0. The average Bonchev–Trinajstić information content (AvgIpc) is 2.15. The summed E-state index contributed by atoms with van der Waals surface area (Å²) >= 11 is 9.67. The summed E-state index contributed by atoms with van der Waals surface area (Å²) in [5.74, 6) is 0.267. The number of ketones is 1. The molecule has 0 heterocycles. The van der Waals surface area contributed by atoms with Crippen molar-refractivity contribution < 1.29 is 9.53 Å². The van der Waals surface area contributed by atoms with Crippen molar-refractivity contribution in [1.29, 1.82) is 0 Å². The molecule has 0 aromatic heterocycles. The fraction of sp³-hybridized carbons (Fsp3) is 0.333. The number of carbonyl (C=O) groups excluding carboxylic acids is 1. The Balaban J connectivity index is 2.56. The zero-order valence-electron chi connectivity index (χ0n) is 5.09. The van der Waals surface area contributed by atoms with E-state index in [2.05, 4.69) is 12.2 Å². The SMILES string of the molecule is O=C1CCC=C1OC(=S)Cl. The van der Waals surface area contributed by atoms with Crippen LogP contribution in [0.5, 0.6) is 0 Å². The highest BCUT2D eigenvalue weighted by atomic mass is 35.5. The number of allylic oxidation sites excluding steroid dienone is 2. The van der Waals surface area contributed by atoms with Crippen LogP contribution in [0.15, 0.2) is 11.8 Å². The van der Waals surface area contributed by atoms with E-state index in [9.17, 15) is 4.79 Å². The third-order valence-corrected chi connectivity index (χ3v) is 1.33. The van der Waals surface area contributed by atoms with Gasteiger partial charge in [-0.15, -0.1) is 0 Å². The van der Waals surface area contributed by atoms with Crippen LogP contribution in [0.1, 0.15) is 12.8 Å². The lowest BCUT2D eigenvalue weighted by atomic mass is 10.3. The second-order valence-electron chi connectivity index (χ2n) is 1.87. The normalized spacial score (nSPS) is 16.9. The van der Waals surface area contributed by atoms with Crippen molar-refractivity contribution >= 4 is 34.1 Å². The molecule has 10 heavy (non-hydrogen) atoms. The second kappa shape index (κ2) is 3.12. The van der Waals surface area contributed by atoms with Gasteiger partial charge in [0.2, 0.25) is 0 Å². The van der Waals surface area contributed by atoms with E-state index < -0.39 is 0 Å². The van der Waals surface area contributed by atoms with Gasteiger partial charge in [-0.1, -0.05) is 0 Å². The summed E-state index contributed by atoms with van der Waals surface area (Å²) in [5.41, 5.74) is 0. The van der Waals surface area contributed by atoms with E-state index in [4.69, 9.17) is 16.3 Å². The standard InChI is InChI=1S/C6H5ClO2S/c7-6(10)9-5-3-1-2-4(5)8/h3H,1-2H2. The van der Waals surface area contributed by atoms with Gasteiger partial charge in [0.05, 0.1) is 0 Å². The first-order valence-electron chi connectivity index (χ1n) is 2.81. The zero-order valence-corrected chi connectivity index (χ0v) is 6.67. The van der Waals surface area contributed by atoms with E-state index >= 15 is 0 Å². The van der Waals surface area contributed by atoms with Crippen molar-refractivity contribution in [1.82, 2.24) is 0 Å². The molecule has 1 aliphatic rings. The van der Waals surface area contributed by atoms with E-state index in [1.54, 1.807) is 6.08 Å². The first-order chi connectivity index (χ1) is 4.70. The van der Waals surface area contributed by atoms with Crippen molar-refractivity contribution in [3.63, 3.8) is 0 Å². The van der Waals surface area contributed by atoms with Crippen LogP contribution in [0, 0.1) is 0 Å². The van der Waals surface area contributed by atoms with Crippen LogP contribution in [0.2, 0.25) is 0 Å². The van der Waals surface area contributed by atoms with Crippen LogP contribution in [-0.2, 0) is 9.53 Å². The first kappa shape index (κ1) is 7.69. The van der Waals surface area contributed by atoms with E-state index in [1.807, 2.05) is 0 Å². The van der Waals surface area contributed by atoms with Crippen molar-refractivity contribution in [2.24, 2.45) is 0 Å². The molecular weight excluding hydrogens is 172 g/mol. The van der Waals surface area contributed by atoms with Gasteiger partial charge in [-0.05, 0) is 36.3 Å². The number of halogens is 1. The molecule has 0 aromatic carbocycles. The number of Topliss-reactive ketones (excluding diaryl/α,β-unsaturated/α-hetero) is 1. The summed E-state index contributed by atoms with van der Waals surface area (Å²) in [5, 5.41) is 0. The van der Waals surface area contributed by atoms with E-state index in [-0.39, 0.29) is 10.3 Å². The molecular formula is C6H5ClO2S. The predicted molar refractivity (Wildman–Crippen MR) is 41.9 cm³/mol. The van der Waals surface area contributed by atoms with E-state index in [0.717, 1.165) is 6.42 Å². The molecule has 0 bridgehead atoms. The van der Waals surface area contributed by atoms with Crippen LogP contribution < -0.4 is 0 Å². The fourth-order valence-electron chi connectivity index (χ4n) is 0.756. The minimum atomic E-state index is -0.124. The molecule has 0 aliphatic heterocycles. The molecule has 0 atom stereocenters. The molecule has 54 valence electrons. The van der Waals surface area contributed by atoms with Crippen molar-refractivity contribution in [3.05, 3.63) is 11.8 Å². The first-order valence-corrected chi connectivity index (χ1v) is 3.59. The summed E-state index contributed by atoms with van der Waals surface area (Å²) in [6, 6.07) is 0. The molecule has 0 saturated carbocycles. The van der Waals surface area contributed by atoms with Crippen molar-refractivity contribution in [3.8, 4) is 0 Å². The van der Waals surface area contributed by atoms with Crippen LogP contribution in [0.4, 0.5) is 0 Å². The largest absolute Gasteiger partial charge is 0.432 e. The summed E-state index contributed by atoms with van der Waals surface area (Å²) in [6.07, 6.45) is 2.93. The number of hydrogen-bond acceptors (Lipinski definition) is 3. The highest BCUT2D eigenvalue weighted by Crippen LogP contribution is 2.15. The molecule has 1 rings (SSSR count). The molecule has 1 aliphatic carbocycles. The zero-order chi connectivity index (χ0) is 7.56. The van der Waals surface area contributed by atoms with Crippen LogP contribution in [0.3, 0.4) is 0 Å².